The molecular weight excluding hydrogens is 202 g/mol. The molecule has 1 aromatic carbocycles. The van der Waals surface area contributed by atoms with E-state index in [2.05, 4.69) is 16.9 Å². The summed E-state index contributed by atoms with van der Waals surface area (Å²) < 4.78 is 1.61. The van der Waals surface area contributed by atoms with Gasteiger partial charge in [0.2, 0.25) is 0 Å². The molecule has 0 saturated carbocycles. The maximum absolute atomic E-state index is 9.10. The van der Waals surface area contributed by atoms with E-state index in [-0.39, 0.29) is 12.6 Å². The average molecular weight is 215 g/mol. The first kappa shape index (κ1) is 10.6. The third-order valence-corrected chi connectivity index (χ3v) is 2.38. The molecule has 2 rings (SSSR count). The summed E-state index contributed by atoms with van der Waals surface area (Å²) in [5.41, 5.74) is 1.80. The van der Waals surface area contributed by atoms with Gasteiger partial charge in [-0.25, -0.2) is 4.68 Å². The van der Waals surface area contributed by atoms with Crippen molar-refractivity contribution in [3.63, 3.8) is 0 Å². The Morgan fingerprint density at radius 1 is 1.38 bits per heavy atom. The summed E-state index contributed by atoms with van der Waals surface area (Å²) in [6.45, 7) is 3.61. The minimum atomic E-state index is -0.218. The molecule has 0 radical (unpaired) electrons. The smallest absolute Gasteiger partial charge is 0.113 e. The molecule has 0 saturated heterocycles. The Kier molecular flexibility index (Phi) is 3.12. The van der Waals surface area contributed by atoms with Crippen LogP contribution in [0.3, 0.4) is 0 Å². The molecule has 1 aromatic heterocycles. The van der Waals surface area contributed by atoms with Gasteiger partial charge in [-0.05, 0) is 0 Å². The van der Waals surface area contributed by atoms with Crippen molar-refractivity contribution >= 4 is 0 Å². The SMILES string of the molecule is C=CC(CO)n1cc(-c2ccccc2)nn1. The highest BCUT2D eigenvalue weighted by Crippen LogP contribution is 2.16. The second-order valence-electron chi connectivity index (χ2n) is 3.44. The van der Waals surface area contributed by atoms with Crippen LogP contribution in [-0.4, -0.2) is 26.7 Å². The van der Waals surface area contributed by atoms with Crippen LogP contribution in [0.15, 0.2) is 49.2 Å². The van der Waals surface area contributed by atoms with E-state index >= 15 is 0 Å². The van der Waals surface area contributed by atoms with Gasteiger partial charge in [0.1, 0.15) is 5.69 Å². The molecule has 16 heavy (non-hydrogen) atoms. The average Bonchev–Trinajstić information content (AvgIpc) is 2.81. The van der Waals surface area contributed by atoms with Crippen molar-refractivity contribution < 1.29 is 5.11 Å². The summed E-state index contributed by atoms with van der Waals surface area (Å²) in [5, 5.41) is 17.1. The van der Waals surface area contributed by atoms with Crippen molar-refractivity contribution in [1.82, 2.24) is 15.0 Å². The zero-order chi connectivity index (χ0) is 11.4. The molecule has 0 aliphatic carbocycles. The third kappa shape index (κ3) is 2.01. The van der Waals surface area contributed by atoms with Crippen molar-refractivity contribution in [2.45, 2.75) is 6.04 Å². The molecule has 0 fully saturated rings. The van der Waals surface area contributed by atoms with Gasteiger partial charge < -0.3 is 5.11 Å². The van der Waals surface area contributed by atoms with E-state index in [1.165, 1.54) is 0 Å². The highest BCUT2D eigenvalue weighted by Gasteiger charge is 2.08. The van der Waals surface area contributed by atoms with Gasteiger partial charge in [-0.3, -0.25) is 0 Å². The summed E-state index contributed by atoms with van der Waals surface area (Å²) in [4.78, 5) is 0. The molecule has 1 heterocycles. The number of aromatic nitrogens is 3. The lowest BCUT2D eigenvalue weighted by Gasteiger charge is -2.06. The van der Waals surface area contributed by atoms with E-state index in [1.54, 1.807) is 17.0 Å². The van der Waals surface area contributed by atoms with Crippen LogP contribution in [0.1, 0.15) is 6.04 Å². The van der Waals surface area contributed by atoms with Crippen LogP contribution in [0.4, 0.5) is 0 Å². The van der Waals surface area contributed by atoms with Gasteiger partial charge in [0.05, 0.1) is 18.8 Å². The van der Waals surface area contributed by atoms with E-state index in [9.17, 15) is 0 Å². The maximum atomic E-state index is 9.10. The molecular formula is C12H13N3O. The monoisotopic (exact) mass is 215 g/mol. The standard InChI is InChI=1S/C12H13N3O/c1-2-11(9-16)15-8-12(13-14-15)10-6-4-3-5-7-10/h2-8,11,16H,1,9H2. The number of aliphatic hydroxyl groups excluding tert-OH is 1. The fourth-order valence-electron chi connectivity index (χ4n) is 1.45. The number of hydrogen-bond acceptors (Lipinski definition) is 3. The Bertz CT molecular complexity index is 464. The highest BCUT2D eigenvalue weighted by molar-refractivity contribution is 5.57. The Hall–Kier alpha value is -1.94. The van der Waals surface area contributed by atoms with Crippen LogP contribution in [0.2, 0.25) is 0 Å². The highest BCUT2D eigenvalue weighted by atomic mass is 16.3. The minimum Gasteiger partial charge on any atom is -0.394 e. The fraction of sp³-hybridized carbons (Fsp3) is 0.167. The minimum absolute atomic E-state index is 0.0267. The van der Waals surface area contributed by atoms with E-state index in [4.69, 9.17) is 5.11 Å². The Morgan fingerprint density at radius 2 is 2.12 bits per heavy atom. The molecule has 0 bridgehead atoms. The first-order valence-corrected chi connectivity index (χ1v) is 5.06. The first-order chi connectivity index (χ1) is 7.85. The van der Waals surface area contributed by atoms with E-state index < -0.39 is 0 Å². The third-order valence-electron chi connectivity index (χ3n) is 2.38. The molecule has 0 amide bonds. The van der Waals surface area contributed by atoms with Gasteiger partial charge in [0, 0.05) is 5.56 Å². The number of benzene rings is 1. The quantitative estimate of drug-likeness (QED) is 0.789. The molecule has 1 unspecified atom stereocenters. The molecule has 0 aliphatic rings. The van der Waals surface area contributed by atoms with Crippen molar-refractivity contribution in [2.24, 2.45) is 0 Å². The molecule has 0 spiro atoms. The van der Waals surface area contributed by atoms with Gasteiger partial charge in [-0.2, -0.15) is 0 Å². The summed E-state index contributed by atoms with van der Waals surface area (Å²) in [6, 6.07) is 9.57. The predicted octanol–water partition coefficient (Wildman–Crippen LogP) is 1.66. The van der Waals surface area contributed by atoms with Crippen LogP contribution in [-0.2, 0) is 0 Å². The number of nitrogens with zero attached hydrogens (tertiary/aromatic N) is 3. The predicted molar refractivity (Wildman–Crippen MR) is 61.8 cm³/mol. The lowest BCUT2D eigenvalue weighted by molar-refractivity contribution is 0.243. The lowest BCUT2D eigenvalue weighted by atomic mass is 10.2. The second kappa shape index (κ2) is 4.72. The van der Waals surface area contributed by atoms with Crippen molar-refractivity contribution in [3.05, 3.63) is 49.2 Å². The van der Waals surface area contributed by atoms with Crippen molar-refractivity contribution in [2.75, 3.05) is 6.61 Å². The van der Waals surface area contributed by atoms with Gasteiger partial charge >= 0.3 is 0 Å². The van der Waals surface area contributed by atoms with E-state index in [1.807, 2.05) is 30.3 Å². The van der Waals surface area contributed by atoms with Gasteiger partial charge in [0.25, 0.3) is 0 Å². The second-order valence-corrected chi connectivity index (χ2v) is 3.44. The molecule has 4 nitrogen and oxygen atoms in total. The van der Waals surface area contributed by atoms with Crippen molar-refractivity contribution in [1.29, 1.82) is 0 Å². The largest absolute Gasteiger partial charge is 0.394 e. The molecule has 0 aliphatic heterocycles. The van der Waals surface area contributed by atoms with Crippen LogP contribution < -0.4 is 0 Å². The molecule has 1 N–H and O–H groups in total. The summed E-state index contributed by atoms with van der Waals surface area (Å²) in [7, 11) is 0. The Balaban J connectivity index is 2.29. The lowest BCUT2D eigenvalue weighted by Crippen LogP contribution is -2.10. The first-order valence-electron chi connectivity index (χ1n) is 5.06. The van der Waals surface area contributed by atoms with Crippen LogP contribution >= 0.6 is 0 Å². The summed E-state index contributed by atoms with van der Waals surface area (Å²) >= 11 is 0. The van der Waals surface area contributed by atoms with Crippen LogP contribution in [0.5, 0.6) is 0 Å². The molecule has 1 atom stereocenters. The Morgan fingerprint density at radius 3 is 2.75 bits per heavy atom. The van der Waals surface area contributed by atoms with E-state index in [0.717, 1.165) is 11.3 Å². The maximum Gasteiger partial charge on any atom is 0.113 e. The van der Waals surface area contributed by atoms with E-state index in [0.29, 0.717) is 0 Å². The summed E-state index contributed by atoms with van der Waals surface area (Å²) in [6.07, 6.45) is 3.45. The van der Waals surface area contributed by atoms with Gasteiger partial charge in [-0.1, -0.05) is 41.6 Å². The topological polar surface area (TPSA) is 50.9 Å². The van der Waals surface area contributed by atoms with Crippen LogP contribution in [0, 0.1) is 0 Å². The van der Waals surface area contributed by atoms with Gasteiger partial charge in [0.15, 0.2) is 0 Å². The summed E-state index contributed by atoms with van der Waals surface area (Å²) in [5.74, 6) is 0. The molecule has 4 heteroatoms. The van der Waals surface area contributed by atoms with Crippen LogP contribution in [0.25, 0.3) is 11.3 Å². The Labute approximate surface area is 93.8 Å². The normalized spacial score (nSPS) is 12.3. The molecule has 82 valence electrons. The zero-order valence-corrected chi connectivity index (χ0v) is 8.82. The van der Waals surface area contributed by atoms with Crippen molar-refractivity contribution in [3.8, 4) is 11.3 Å². The number of aliphatic hydroxyl groups is 1. The fourth-order valence-corrected chi connectivity index (χ4v) is 1.45. The number of hydrogen-bond donors (Lipinski definition) is 1. The number of rotatable bonds is 4. The van der Waals surface area contributed by atoms with Gasteiger partial charge in [-0.15, -0.1) is 11.7 Å². The zero-order valence-electron chi connectivity index (χ0n) is 8.82. The molecule has 2 aromatic rings.